The summed E-state index contributed by atoms with van der Waals surface area (Å²) in [4.78, 5) is 14.1. The third-order valence-electron chi connectivity index (χ3n) is 4.44. The van der Waals surface area contributed by atoms with Gasteiger partial charge in [-0.15, -0.1) is 10.2 Å². The predicted molar refractivity (Wildman–Crippen MR) is 109 cm³/mol. The quantitative estimate of drug-likeness (QED) is 0.544. The summed E-state index contributed by atoms with van der Waals surface area (Å²) in [6.45, 7) is 4.32. The molecular weight excluding hydrogens is 371 g/mol. The lowest BCUT2D eigenvalue weighted by molar-refractivity contribution is 0.102. The fourth-order valence-electron chi connectivity index (χ4n) is 2.98. The number of carbonyl (C=O) groups is 1. The maximum atomic E-state index is 13.1. The molecule has 4 rings (SSSR count). The van der Waals surface area contributed by atoms with E-state index >= 15 is 0 Å². The topological polar surface area (TPSA) is 69.0 Å². The fraction of sp³-hybridized carbons (Fsp3) is 0.136. The maximum Gasteiger partial charge on any atom is 0.255 e. The van der Waals surface area contributed by atoms with Crippen LogP contribution in [0.2, 0.25) is 0 Å². The van der Waals surface area contributed by atoms with E-state index in [1.165, 1.54) is 16.9 Å². The second kappa shape index (κ2) is 7.71. The molecule has 0 saturated carbocycles. The molecule has 0 aliphatic carbocycles. The van der Waals surface area contributed by atoms with Crippen molar-refractivity contribution in [1.82, 2.24) is 15.0 Å². The van der Waals surface area contributed by atoms with E-state index in [-0.39, 0.29) is 11.7 Å². The summed E-state index contributed by atoms with van der Waals surface area (Å²) in [6.07, 6.45) is 0. The van der Waals surface area contributed by atoms with Gasteiger partial charge in [0.25, 0.3) is 5.91 Å². The van der Waals surface area contributed by atoms with E-state index in [0.717, 1.165) is 5.56 Å². The van der Waals surface area contributed by atoms with Crippen molar-refractivity contribution in [3.05, 3.63) is 77.6 Å². The molecule has 1 aromatic heterocycles. The summed E-state index contributed by atoms with van der Waals surface area (Å²) in [5, 5.41) is 11.8. The van der Waals surface area contributed by atoms with Crippen molar-refractivity contribution in [3.63, 3.8) is 0 Å². The number of aromatic nitrogens is 3. The third kappa shape index (κ3) is 3.94. The Morgan fingerprint density at radius 1 is 1.07 bits per heavy atom. The molecule has 1 N–H and O–H groups in total. The van der Waals surface area contributed by atoms with E-state index in [9.17, 15) is 9.18 Å². The Morgan fingerprint density at radius 3 is 2.52 bits per heavy atom. The van der Waals surface area contributed by atoms with Crippen molar-refractivity contribution >= 4 is 22.6 Å². The number of fused-ring (bicyclic) bond motifs is 1. The molecule has 0 aliphatic rings. The summed E-state index contributed by atoms with van der Waals surface area (Å²) in [5.74, 6) is 0.0919. The number of halogens is 1. The minimum Gasteiger partial charge on any atom is -0.494 e. The Morgan fingerprint density at radius 2 is 1.79 bits per heavy atom. The number of benzene rings is 3. The smallest absolute Gasteiger partial charge is 0.255 e. The molecule has 146 valence electrons. The lowest BCUT2D eigenvalue weighted by Crippen LogP contribution is -2.13. The number of hydrogen-bond donors (Lipinski definition) is 1. The van der Waals surface area contributed by atoms with Crippen LogP contribution in [0.15, 0.2) is 60.7 Å². The minimum atomic E-state index is -0.320. The summed E-state index contributed by atoms with van der Waals surface area (Å²) < 4.78 is 18.6. The van der Waals surface area contributed by atoms with Crippen LogP contribution in [0, 0.1) is 12.7 Å². The molecule has 0 spiro atoms. The molecule has 7 heteroatoms. The van der Waals surface area contributed by atoms with E-state index in [1.807, 2.05) is 26.0 Å². The Balaban J connectivity index is 1.62. The number of nitrogens with one attached hydrogen (secondary N) is 1. The first-order chi connectivity index (χ1) is 14.0. The van der Waals surface area contributed by atoms with Crippen LogP contribution in [-0.2, 0) is 0 Å². The van der Waals surface area contributed by atoms with Gasteiger partial charge in [-0.25, -0.2) is 4.39 Å². The number of nitrogens with zero attached hydrogens (tertiary/aromatic N) is 3. The molecular formula is C22H19FN4O2. The van der Waals surface area contributed by atoms with Gasteiger partial charge in [-0.05, 0) is 74.0 Å². The number of ether oxygens (including phenoxy) is 1. The van der Waals surface area contributed by atoms with Gasteiger partial charge in [0.2, 0.25) is 0 Å². The molecule has 1 amide bonds. The Labute approximate surface area is 166 Å². The first-order valence-electron chi connectivity index (χ1n) is 9.21. The van der Waals surface area contributed by atoms with Crippen LogP contribution in [-0.4, -0.2) is 27.5 Å². The normalized spacial score (nSPS) is 10.9. The van der Waals surface area contributed by atoms with Crippen molar-refractivity contribution in [2.45, 2.75) is 13.8 Å². The first-order valence-corrected chi connectivity index (χ1v) is 9.21. The van der Waals surface area contributed by atoms with Crippen molar-refractivity contribution in [1.29, 1.82) is 0 Å². The van der Waals surface area contributed by atoms with Gasteiger partial charge in [-0.1, -0.05) is 6.07 Å². The first kappa shape index (κ1) is 18.6. The third-order valence-corrected chi connectivity index (χ3v) is 4.44. The van der Waals surface area contributed by atoms with E-state index in [0.29, 0.717) is 40.3 Å². The Kier molecular flexibility index (Phi) is 4.95. The minimum absolute atomic E-state index is 0.236. The highest BCUT2D eigenvalue weighted by molar-refractivity contribution is 6.05. The number of hydrogen-bond acceptors (Lipinski definition) is 4. The lowest BCUT2D eigenvalue weighted by Gasteiger charge is -2.09. The molecule has 0 fully saturated rings. The maximum absolute atomic E-state index is 13.1. The van der Waals surface area contributed by atoms with Crippen LogP contribution < -0.4 is 10.1 Å². The van der Waals surface area contributed by atoms with Crippen LogP contribution in [0.3, 0.4) is 0 Å². The standard InChI is InChI=1S/C22H19FN4O2/c1-3-29-18-6-4-5-15(12-18)22(28)24-19-13-21-20(11-14(19)2)25-27(26-21)17-9-7-16(23)8-10-17/h4-13H,3H2,1-2H3,(H,24,28). The monoisotopic (exact) mass is 390 g/mol. The average Bonchev–Trinajstić information content (AvgIpc) is 3.12. The Hall–Kier alpha value is -3.74. The van der Waals surface area contributed by atoms with Crippen molar-refractivity contribution < 1.29 is 13.9 Å². The number of anilines is 1. The van der Waals surface area contributed by atoms with E-state index < -0.39 is 0 Å². The van der Waals surface area contributed by atoms with E-state index in [4.69, 9.17) is 4.74 Å². The van der Waals surface area contributed by atoms with Crippen molar-refractivity contribution in [2.75, 3.05) is 11.9 Å². The van der Waals surface area contributed by atoms with Gasteiger partial charge in [-0.2, -0.15) is 4.80 Å². The summed E-state index contributed by atoms with van der Waals surface area (Å²) in [7, 11) is 0. The highest BCUT2D eigenvalue weighted by Gasteiger charge is 2.12. The number of carbonyl (C=O) groups excluding carboxylic acids is 1. The average molecular weight is 390 g/mol. The molecule has 29 heavy (non-hydrogen) atoms. The predicted octanol–water partition coefficient (Wildman–Crippen LogP) is 4.52. The lowest BCUT2D eigenvalue weighted by atomic mass is 10.1. The van der Waals surface area contributed by atoms with Gasteiger partial charge in [0, 0.05) is 11.3 Å². The highest BCUT2D eigenvalue weighted by atomic mass is 19.1. The molecule has 3 aromatic carbocycles. The molecule has 0 atom stereocenters. The van der Waals surface area contributed by atoms with Crippen LogP contribution in [0.1, 0.15) is 22.8 Å². The van der Waals surface area contributed by atoms with Crippen LogP contribution in [0.5, 0.6) is 5.75 Å². The van der Waals surface area contributed by atoms with Crippen LogP contribution in [0.25, 0.3) is 16.7 Å². The van der Waals surface area contributed by atoms with E-state index in [1.54, 1.807) is 36.4 Å². The summed E-state index contributed by atoms with van der Waals surface area (Å²) in [6, 6.07) is 16.6. The zero-order valence-corrected chi connectivity index (χ0v) is 16.0. The van der Waals surface area contributed by atoms with Crippen LogP contribution in [0.4, 0.5) is 10.1 Å². The van der Waals surface area contributed by atoms with Gasteiger partial charge in [-0.3, -0.25) is 4.79 Å². The number of aryl methyl sites for hydroxylation is 1. The van der Waals surface area contributed by atoms with Crippen molar-refractivity contribution in [2.24, 2.45) is 0 Å². The fourth-order valence-corrected chi connectivity index (χ4v) is 2.98. The van der Waals surface area contributed by atoms with E-state index in [2.05, 4.69) is 15.5 Å². The molecule has 0 aliphatic heterocycles. The van der Waals surface area contributed by atoms with Crippen LogP contribution >= 0.6 is 0 Å². The van der Waals surface area contributed by atoms with Gasteiger partial charge >= 0.3 is 0 Å². The van der Waals surface area contributed by atoms with Gasteiger partial charge in [0.15, 0.2) is 0 Å². The number of rotatable bonds is 5. The largest absolute Gasteiger partial charge is 0.494 e. The molecule has 0 radical (unpaired) electrons. The Bertz CT molecular complexity index is 1190. The summed E-state index contributed by atoms with van der Waals surface area (Å²) >= 11 is 0. The van der Waals surface area contributed by atoms with Gasteiger partial charge in [0.05, 0.1) is 12.3 Å². The van der Waals surface area contributed by atoms with Crippen molar-refractivity contribution in [3.8, 4) is 11.4 Å². The molecule has 0 unspecified atom stereocenters. The van der Waals surface area contributed by atoms with Gasteiger partial charge < -0.3 is 10.1 Å². The molecule has 4 aromatic rings. The molecule has 6 nitrogen and oxygen atoms in total. The zero-order chi connectivity index (χ0) is 20.4. The second-order valence-corrected chi connectivity index (χ2v) is 6.54. The second-order valence-electron chi connectivity index (χ2n) is 6.54. The summed E-state index contributed by atoms with van der Waals surface area (Å²) in [5.41, 5.74) is 3.97. The number of amides is 1. The molecule has 1 heterocycles. The molecule has 0 saturated heterocycles. The highest BCUT2D eigenvalue weighted by Crippen LogP contribution is 2.23. The zero-order valence-electron chi connectivity index (χ0n) is 16.0. The molecule has 0 bridgehead atoms. The SMILES string of the molecule is CCOc1cccc(C(=O)Nc2cc3nn(-c4ccc(F)cc4)nc3cc2C)c1. The van der Waals surface area contributed by atoms with Gasteiger partial charge in [0.1, 0.15) is 22.6 Å².